The molecule has 3 rings (SSSR count). The molecule has 0 saturated heterocycles. The number of hydrogen-bond acceptors (Lipinski definition) is 2. The maximum atomic E-state index is 6.22. The van der Waals surface area contributed by atoms with Crippen molar-refractivity contribution in [2.24, 2.45) is 0 Å². The van der Waals surface area contributed by atoms with Gasteiger partial charge in [0.15, 0.2) is 10.9 Å². The largest absolute Gasteiger partial charge is 0.332 e. The number of nitrogens with zero attached hydrogens (tertiary/aromatic N) is 2. The maximum absolute atomic E-state index is 6.22. The van der Waals surface area contributed by atoms with Crippen molar-refractivity contribution in [2.45, 2.75) is 20.4 Å². The second-order valence-corrected chi connectivity index (χ2v) is 7.68. The van der Waals surface area contributed by atoms with Crippen molar-refractivity contribution in [3.05, 3.63) is 74.8 Å². The van der Waals surface area contributed by atoms with Gasteiger partial charge in [0.25, 0.3) is 0 Å². The lowest BCUT2D eigenvalue weighted by Crippen LogP contribution is -2.20. The third-order valence-corrected chi connectivity index (χ3v) is 5.02. The van der Waals surface area contributed by atoms with Gasteiger partial charge in [0.05, 0.1) is 11.0 Å². The smallest absolute Gasteiger partial charge is 0.176 e. The van der Waals surface area contributed by atoms with E-state index >= 15 is 0 Å². The summed E-state index contributed by atoms with van der Waals surface area (Å²) in [6, 6.07) is 13.9. The van der Waals surface area contributed by atoms with Gasteiger partial charge in [-0.3, -0.25) is 4.68 Å². The zero-order chi connectivity index (χ0) is 18.7. The number of thiocarbonyl (C=S) groups is 1. The fraction of sp³-hybridized carbons (Fsp3) is 0.158. The Morgan fingerprint density at radius 1 is 1.19 bits per heavy atom. The minimum absolute atomic E-state index is 0.487. The van der Waals surface area contributed by atoms with Gasteiger partial charge in [-0.05, 0) is 65.3 Å². The van der Waals surface area contributed by atoms with Crippen molar-refractivity contribution in [3.8, 4) is 0 Å². The summed E-state index contributed by atoms with van der Waals surface area (Å²) in [5, 5.41) is 12.1. The van der Waals surface area contributed by atoms with E-state index in [9.17, 15) is 0 Å². The molecule has 0 fully saturated rings. The normalized spacial score (nSPS) is 10.6. The molecule has 0 aliphatic rings. The Kier molecular flexibility index (Phi) is 5.96. The molecule has 3 aromatic rings. The van der Waals surface area contributed by atoms with Crippen LogP contribution in [0.5, 0.6) is 0 Å². The van der Waals surface area contributed by atoms with Crippen LogP contribution in [0, 0.1) is 13.8 Å². The van der Waals surface area contributed by atoms with Crippen molar-refractivity contribution in [2.75, 3.05) is 10.6 Å². The van der Waals surface area contributed by atoms with Crippen LogP contribution in [0.3, 0.4) is 0 Å². The van der Waals surface area contributed by atoms with Crippen LogP contribution < -0.4 is 10.6 Å². The second kappa shape index (κ2) is 8.20. The molecule has 0 unspecified atom stereocenters. The minimum atomic E-state index is 0.487. The first kappa shape index (κ1) is 18.9. The summed E-state index contributed by atoms with van der Waals surface area (Å²) in [6.45, 7) is 4.69. The van der Waals surface area contributed by atoms with E-state index in [2.05, 4.69) is 44.7 Å². The van der Waals surface area contributed by atoms with E-state index in [1.165, 1.54) is 5.56 Å². The first-order valence-electron chi connectivity index (χ1n) is 8.04. The molecule has 0 radical (unpaired) electrons. The molecule has 0 bridgehead atoms. The van der Waals surface area contributed by atoms with Crippen LogP contribution in [0.15, 0.2) is 53.1 Å². The molecule has 7 heteroatoms. The molecule has 26 heavy (non-hydrogen) atoms. The fourth-order valence-electron chi connectivity index (χ4n) is 2.58. The molecule has 0 spiro atoms. The molecule has 0 aliphatic heterocycles. The van der Waals surface area contributed by atoms with Gasteiger partial charge in [0.2, 0.25) is 0 Å². The first-order valence-corrected chi connectivity index (χ1v) is 9.62. The summed E-state index contributed by atoms with van der Waals surface area (Å²) in [5.41, 5.74) is 4.33. The highest BCUT2D eigenvalue weighted by Crippen LogP contribution is 2.23. The Morgan fingerprint density at radius 3 is 2.69 bits per heavy atom. The average Bonchev–Trinajstić information content (AvgIpc) is 2.92. The first-order chi connectivity index (χ1) is 12.4. The molecule has 2 aromatic carbocycles. The van der Waals surface area contributed by atoms with Crippen molar-refractivity contribution < 1.29 is 0 Å². The molecule has 0 aliphatic carbocycles. The molecule has 0 atom stereocenters. The predicted octanol–water partition coefficient (Wildman–Crippen LogP) is 5.77. The number of halogens is 2. The quantitative estimate of drug-likeness (QED) is 0.496. The molecule has 0 amide bonds. The fourth-order valence-corrected chi connectivity index (χ4v) is 3.40. The van der Waals surface area contributed by atoms with E-state index < -0.39 is 0 Å². The Labute approximate surface area is 171 Å². The van der Waals surface area contributed by atoms with Crippen LogP contribution in [-0.2, 0) is 6.54 Å². The van der Waals surface area contributed by atoms with Crippen molar-refractivity contribution in [1.29, 1.82) is 0 Å². The maximum Gasteiger partial charge on any atom is 0.176 e. The Morgan fingerprint density at radius 2 is 1.96 bits per heavy atom. The molecule has 134 valence electrons. The van der Waals surface area contributed by atoms with E-state index in [1.54, 1.807) is 0 Å². The van der Waals surface area contributed by atoms with Crippen LogP contribution in [0.1, 0.15) is 16.7 Å². The molecule has 2 N–H and O–H groups in total. The highest BCUT2D eigenvalue weighted by atomic mass is 79.9. The average molecular weight is 450 g/mol. The van der Waals surface area contributed by atoms with Gasteiger partial charge in [-0.1, -0.05) is 47.5 Å². The van der Waals surface area contributed by atoms with Crippen molar-refractivity contribution in [1.82, 2.24) is 9.78 Å². The summed E-state index contributed by atoms with van der Waals surface area (Å²) >= 11 is 15.2. The van der Waals surface area contributed by atoms with Gasteiger partial charge in [0.1, 0.15) is 0 Å². The number of anilines is 2. The lowest BCUT2D eigenvalue weighted by molar-refractivity contribution is 0.690. The number of benzene rings is 2. The lowest BCUT2D eigenvalue weighted by atomic mass is 10.1. The number of aryl methyl sites for hydroxylation is 2. The summed E-state index contributed by atoms with van der Waals surface area (Å²) in [4.78, 5) is 0. The van der Waals surface area contributed by atoms with Gasteiger partial charge < -0.3 is 10.6 Å². The van der Waals surface area contributed by atoms with E-state index in [0.717, 1.165) is 26.3 Å². The zero-order valence-electron chi connectivity index (χ0n) is 14.4. The van der Waals surface area contributed by atoms with Crippen molar-refractivity contribution >= 4 is 56.4 Å². The Balaban J connectivity index is 1.69. The van der Waals surface area contributed by atoms with Crippen LogP contribution in [0.4, 0.5) is 11.5 Å². The highest BCUT2D eigenvalue weighted by molar-refractivity contribution is 9.10. The molecule has 1 heterocycles. The Bertz CT molecular complexity index is 954. The van der Waals surface area contributed by atoms with Crippen LogP contribution in [0.2, 0.25) is 5.02 Å². The van der Waals surface area contributed by atoms with Gasteiger partial charge in [0, 0.05) is 16.9 Å². The number of hydrogen-bond donors (Lipinski definition) is 2. The van der Waals surface area contributed by atoms with E-state index in [0.29, 0.717) is 17.5 Å². The summed E-state index contributed by atoms with van der Waals surface area (Å²) in [5.74, 6) is 0.652. The van der Waals surface area contributed by atoms with Gasteiger partial charge in [-0.2, -0.15) is 5.10 Å². The van der Waals surface area contributed by atoms with Gasteiger partial charge >= 0.3 is 0 Å². The van der Waals surface area contributed by atoms with Crippen LogP contribution in [-0.4, -0.2) is 14.9 Å². The van der Waals surface area contributed by atoms with Crippen LogP contribution in [0.25, 0.3) is 0 Å². The monoisotopic (exact) mass is 448 g/mol. The Hall–Kier alpha value is -1.89. The van der Waals surface area contributed by atoms with E-state index in [1.807, 2.05) is 54.2 Å². The second-order valence-electron chi connectivity index (χ2n) is 6.01. The zero-order valence-corrected chi connectivity index (χ0v) is 17.5. The molecule has 4 nitrogen and oxygen atoms in total. The summed E-state index contributed by atoms with van der Waals surface area (Å²) in [6.07, 6.45) is 1.89. The topological polar surface area (TPSA) is 41.9 Å². The summed E-state index contributed by atoms with van der Waals surface area (Å²) in [7, 11) is 0. The molecular formula is C19H18BrClN4S. The number of rotatable bonds is 4. The van der Waals surface area contributed by atoms with Crippen LogP contribution >= 0.6 is 39.7 Å². The van der Waals surface area contributed by atoms with E-state index in [-0.39, 0.29) is 0 Å². The molecule has 1 aromatic heterocycles. The third-order valence-electron chi connectivity index (χ3n) is 3.87. The van der Waals surface area contributed by atoms with Crippen molar-refractivity contribution in [3.63, 3.8) is 0 Å². The lowest BCUT2D eigenvalue weighted by Gasteiger charge is -2.12. The van der Waals surface area contributed by atoms with Gasteiger partial charge in [-0.15, -0.1) is 0 Å². The number of nitrogens with one attached hydrogen (secondary N) is 2. The third kappa shape index (κ3) is 4.63. The predicted molar refractivity (Wildman–Crippen MR) is 116 cm³/mol. The molecule has 0 saturated carbocycles. The van der Waals surface area contributed by atoms with E-state index in [4.69, 9.17) is 23.8 Å². The minimum Gasteiger partial charge on any atom is -0.332 e. The SMILES string of the molecule is Cc1ccc(NC(=S)Nc2nn(Cc3ccccc3Cl)cc2Br)c(C)c1. The standard InChI is InChI=1S/C19H18BrClN4S/c1-12-7-8-17(13(2)9-12)22-19(26)23-18-15(20)11-25(24-18)10-14-5-3-4-6-16(14)21/h3-9,11H,10H2,1-2H3,(H2,22,23,24,26). The highest BCUT2D eigenvalue weighted by Gasteiger charge is 2.10. The summed E-state index contributed by atoms with van der Waals surface area (Å²) < 4.78 is 2.64. The van der Waals surface area contributed by atoms with Gasteiger partial charge in [-0.25, -0.2) is 0 Å². The number of aromatic nitrogens is 2. The molecular weight excluding hydrogens is 432 g/mol.